The van der Waals surface area contributed by atoms with E-state index in [9.17, 15) is 81.7 Å². The first-order valence-electron chi connectivity index (χ1n) is 20.6. The molecule has 368 valence electrons. The third-order valence-electron chi connectivity index (χ3n) is 12.3. The number of hydrogen-bond donors (Lipinski definition) is 16. The largest absolute Gasteiger partial charge is 0.394 e. The molecule has 16 N–H and O–H groups in total. The fourth-order valence-electron chi connectivity index (χ4n) is 8.18. The Morgan fingerprint density at radius 3 is 1.29 bits per heavy atom. The highest BCUT2D eigenvalue weighted by atomic mass is 16.8. The normalized spacial score (nSPS) is 56.0. The summed E-state index contributed by atoms with van der Waals surface area (Å²) in [5, 5.41) is 170. The Morgan fingerprint density at radius 1 is 0.317 bits per heavy atom. The van der Waals surface area contributed by atoms with Crippen LogP contribution in [-0.4, -0.2) is 279 Å². The van der Waals surface area contributed by atoms with Crippen molar-refractivity contribution >= 4 is 0 Å². The number of ether oxygens (including phenoxy) is 11. The third-order valence-corrected chi connectivity index (χ3v) is 12.3. The maximum absolute atomic E-state index is 11.1. The highest BCUT2D eigenvalue weighted by Crippen LogP contribution is 2.35. The molecule has 0 aromatic carbocycles. The monoisotopic (exact) mass is 926 g/mol. The van der Waals surface area contributed by atoms with Crippen molar-refractivity contribution < 1.29 is 134 Å². The summed E-state index contributed by atoms with van der Waals surface area (Å²) >= 11 is 0. The molecule has 0 bridgehead atoms. The molecular weight excluding hydrogens is 864 g/mol. The first-order valence-corrected chi connectivity index (χ1v) is 20.6. The van der Waals surface area contributed by atoms with E-state index in [0.717, 1.165) is 0 Å². The number of rotatable bonds is 12. The van der Waals surface area contributed by atoms with Crippen molar-refractivity contribution in [2.24, 2.45) is 0 Å². The minimum atomic E-state index is -2.10. The van der Waals surface area contributed by atoms with Crippen LogP contribution in [0.15, 0.2) is 0 Å². The lowest BCUT2D eigenvalue weighted by Gasteiger charge is -2.48. The van der Waals surface area contributed by atoms with Gasteiger partial charge in [0.2, 0.25) is 0 Å². The molecule has 0 aliphatic carbocycles. The van der Waals surface area contributed by atoms with Gasteiger partial charge in [0.15, 0.2) is 37.7 Å². The highest BCUT2D eigenvalue weighted by Gasteiger charge is 2.56. The van der Waals surface area contributed by atoms with E-state index in [1.165, 1.54) is 27.7 Å². The molecule has 6 saturated heterocycles. The molecule has 6 heterocycles. The van der Waals surface area contributed by atoms with Crippen LogP contribution >= 0.6 is 0 Å². The summed E-state index contributed by atoms with van der Waals surface area (Å²) in [5.41, 5.74) is 0. The Balaban J connectivity index is 1.04. The van der Waals surface area contributed by atoms with Gasteiger partial charge in [-0.2, -0.15) is 0 Å². The van der Waals surface area contributed by atoms with Gasteiger partial charge in [-0.1, -0.05) is 0 Å². The third kappa shape index (κ3) is 10.5. The fourth-order valence-corrected chi connectivity index (χ4v) is 8.18. The maximum atomic E-state index is 11.1. The Hall–Kier alpha value is -1.08. The molecule has 6 aliphatic rings. The van der Waals surface area contributed by atoms with Gasteiger partial charge in [0.05, 0.1) is 37.6 Å². The summed E-state index contributed by atoms with van der Waals surface area (Å²) in [6, 6.07) is 0. The Labute approximate surface area is 358 Å². The van der Waals surface area contributed by atoms with Gasteiger partial charge in [0, 0.05) is 0 Å². The van der Waals surface area contributed by atoms with Crippen molar-refractivity contribution in [1.29, 1.82) is 0 Å². The van der Waals surface area contributed by atoms with E-state index < -0.39 is 197 Å². The number of aliphatic hydroxyl groups excluding tert-OH is 16. The van der Waals surface area contributed by atoms with Gasteiger partial charge in [0.25, 0.3) is 0 Å². The van der Waals surface area contributed by atoms with Crippen LogP contribution in [0.1, 0.15) is 27.7 Å². The molecule has 0 spiro atoms. The van der Waals surface area contributed by atoms with Crippen LogP contribution in [0.5, 0.6) is 0 Å². The van der Waals surface area contributed by atoms with Crippen molar-refractivity contribution in [2.45, 2.75) is 212 Å². The quantitative estimate of drug-likeness (QED) is 0.0864. The zero-order chi connectivity index (χ0) is 46.5. The average Bonchev–Trinajstić information content (AvgIpc) is 3.25. The molecule has 0 aromatic heterocycles. The minimum Gasteiger partial charge on any atom is -0.394 e. The molecule has 63 heavy (non-hydrogen) atoms. The number of aliphatic hydroxyl groups is 16. The summed E-state index contributed by atoms with van der Waals surface area (Å²) in [4.78, 5) is 0. The van der Waals surface area contributed by atoms with E-state index in [-0.39, 0.29) is 0 Å². The SMILES string of the molecule is C[C@@H]1O[C@@H](O[C@@H]2[C@@H](O)[C@H](O[C@@H]3[C@@H](O)[C@@H](O)[C@H](OC[C@H]4O[C@@H](O)[C@H](O[C@@H]5O[C@H](CO)[C@@H](O)[C@H](O)[C@H]5O[C@@H]5O[C@@H](C)[C@H](O)[C@@H](O)[C@H]5O)[C@@H](O)[C@@H]4O)O[C@H]3C)O[C@H](C)[C@H]2O)[C@H](O)[C@H](O)[C@H]1O. The van der Waals surface area contributed by atoms with E-state index in [2.05, 4.69) is 0 Å². The molecule has 6 fully saturated rings. The predicted molar refractivity (Wildman–Crippen MR) is 194 cm³/mol. The molecule has 6 aliphatic heterocycles. The standard InChI is InChI=1S/C36H62O27/c1-7-13(38)18(43)23(48)33(54-7)61-28-15(40)9(3)56-35(26(28)51)60-27-10(4)57-32(25(50)22(27)47)53-6-12-17(42)20(45)29(31(52)58-12)62-36-30(21(46)16(41)11(5-37)59-36)63-34-24(49)19(44)14(39)8(2)55-34/h7-52H,5-6H2,1-4H3/t7-,8-,9+,10-,11+,12+,13-,14-,15+,16+,17+,18+,19+,20-,21-,22-,23+,24+,25+,26+,27-,28-,29+,30+,31+,32+,33-,34-,35-,36-/m0/s1. The molecule has 0 radical (unpaired) electrons. The lowest BCUT2D eigenvalue weighted by molar-refractivity contribution is -0.392. The van der Waals surface area contributed by atoms with Gasteiger partial charge in [-0.25, -0.2) is 0 Å². The Morgan fingerprint density at radius 2 is 0.730 bits per heavy atom. The molecule has 0 amide bonds. The second-order valence-electron chi connectivity index (χ2n) is 16.7. The molecule has 0 saturated carbocycles. The van der Waals surface area contributed by atoms with Crippen LogP contribution in [0.3, 0.4) is 0 Å². The first-order chi connectivity index (χ1) is 29.6. The van der Waals surface area contributed by atoms with E-state index in [4.69, 9.17) is 52.1 Å². The van der Waals surface area contributed by atoms with Crippen LogP contribution in [0.25, 0.3) is 0 Å². The van der Waals surface area contributed by atoms with Crippen molar-refractivity contribution in [3.8, 4) is 0 Å². The lowest BCUT2D eigenvalue weighted by Crippen LogP contribution is -2.66. The highest BCUT2D eigenvalue weighted by molar-refractivity contribution is 4.98. The summed E-state index contributed by atoms with van der Waals surface area (Å²) in [6.07, 6.45) is -49.7. The van der Waals surface area contributed by atoms with Gasteiger partial charge in [-0.05, 0) is 27.7 Å². The second-order valence-corrected chi connectivity index (χ2v) is 16.7. The van der Waals surface area contributed by atoms with Gasteiger partial charge >= 0.3 is 0 Å². The molecular formula is C36H62O27. The van der Waals surface area contributed by atoms with Crippen molar-refractivity contribution in [3.05, 3.63) is 0 Å². The van der Waals surface area contributed by atoms with E-state index in [0.29, 0.717) is 0 Å². The summed E-state index contributed by atoms with van der Waals surface area (Å²) in [5.74, 6) is 0. The smallest absolute Gasteiger partial charge is 0.187 e. The van der Waals surface area contributed by atoms with Crippen LogP contribution in [0.4, 0.5) is 0 Å². The Kier molecular flexibility index (Phi) is 17.2. The lowest BCUT2D eigenvalue weighted by atomic mass is 9.96. The predicted octanol–water partition coefficient (Wildman–Crippen LogP) is -9.99. The van der Waals surface area contributed by atoms with E-state index >= 15 is 0 Å². The van der Waals surface area contributed by atoms with Crippen molar-refractivity contribution in [2.75, 3.05) is 13.2 Å². The fraction of sp³-hybridized carbons (Fsp3) is 1.00. The topological polar surface area (TPSA) is 425 Å². The molecule has 30 atom stereocenters. The van der Waals surface area contributed by atoms with Crippen LogP contribution in [0, 0.1) is 0 Å². The van der Waals surface area contributed by atoms with Crippen molar-refractivity contribution in [1.82, 2.24) is 0 Å². The molecule has 0 aromatic rings. The zero-order valence-corrected chi connectivity index (χ0v) is 34.4. The van der Waals surface area contributed by atoms with E-state index in [1.807, 2.05) is 0 Å². The van der Waals surface area contributed by atoms with Gasteiger partial charge < -0.3 is 134 Å². The molecule has 27 heteroatoms. The van der Waals surface area contributed by atoms with Crippen LogP contribution in [-0.2, 0) is 52.1 Å². The van der Waals surface area contributed by atoms with Crippen LogP contribution in [0.2, 0.25) is 0 Å². The summed E-state index contributed by atoms with van der Waals surface area (Å²) in [6.45, 7) is 3.98. The summed E-state index contributed by atoms with van der Waals surface area (Å²) < 4.78 is 61.5. The number of hydrogen-bond acceptors (Lipinski definition) is 27. The molecule has 27 nitrogen and oxygen atoms in total. The van der Waals surface area contributed by atoms with Gasteiger partial charge in [-0.15, -0.1) is 0 Å². The van der Waals surface area contributed by atoms with Gasteiger partial charge in [-0.3, -0.25) is 0 Å². The average molecular weight is 927 g/mol. The van der Waals surface area contributed by atoms with Gasteiger partial charge in [0.1, 0.15) is 122 Å². The molecule has 6 rings (SSSR count). The van der Waals surface area contributed by atoms with Crippen molar-refractivity contribution in [3.63, 3.8) is 0 Å². The minimum absolute atomic E-state index is 0.709. The second kappa shape index (κ2) is 21.1. The first kappa shape index (κ1) is 51.3. The Bertz CT molecular complexity index is 1440. The maximum Gasteiger partial charge on any atom is 0.187 e. The molecule has 0 unspecified atom stereocenters. The van der Waals surface area contributed by atoms with E-state index in [1.54, 1.807) is 0 Å². The van der Waals surface area contributed by atoms with Crippen LogP contribution < -0.4 is 0 Å². The zero-order valence-electron chi connectivity index (χ0n) is 34.4. The summed E-state index contributed by atoms with van der Waals surface area (Å²) in [7, 11) is 0.